The van der Waals surface area contributed by atoms with Crippen molar-refractivity contribution >= 4 is 41.4 Å². The van der Waals surface area contributed by atoms with Crippen molar-refractivity contribution in [2.45, 2.75) is 62.9 Å². The Morgan fingerprint density at radius 3 is 2.06 bits per heavy atom. The first-order valence-corrected chi connectivity index (χ1v) is 12.7. The number of carbonyl (C=O) groups is 5. The zero-order chi connectivity index (χ0) is 27.3. The number of thioether (sulfide) groups is 1. The van der Waals surface area contributed by atoms with Gasteiger partial charge in [-0.3, -0.25) is 19.2 Å². The van der Waals surface area contributed by atoms with Gasteiger partial charge < -0.3 is 37.0 Å². The molecule has 0 aliphatic heterocycles. The molecule has 0 spiro atoms. The fourth-order valence-electron chi connectivity index (χ4n) is 3.16. The quantitative estimate of drug-likeness (QED) is 0.141. The van der Waals surface area contributed by atoms with E-state index in [1.165, 1.54) is 18.7 Å². The lowest BCUT2D eigenvalue weighted by Crippen LogP contribution is -2.60. The van der Waals surface area contributed by atoms with Gasteiger partial charge in [0.1, 0.15) is 18.1 Å². The molecule has 5 unspecified atom stereocenters. The Balaban J connectivity index is 3.03. The summed E-state index contributed by atoms with van der Waals surface area (Å²) < 4.78 is 0. The van der Waals surface area contributed by atoms with Crippen molar-refractivity contribution in [1.82, 2.24) is 16.0 Å². The molecule has 0 bridgehead atoms. The first-order valence-electron chi connectivity index (χ1n) is 11.3. The fourth-order valence-corrected chi connectivity index (χ4v) is 3.65. The molecule has 0 saturated carbocycles. The van der Waals surface area contributed by atoms with Crippen LogP contribution in [0, 0.1) is 0 Å². The van der Waals surface area contributed by atoms with Gasteiger partial charge in [-0.25, -0.2) is 4.79 Å². The number of carboxylic acids is 2. The number of aliphatic hydroxyl groups is 1. The summed E-state index contributed by atoms with van der Waals surface area (Å²) >= 11 is 1.52. The molecule has 8 N–H and O–H groups in total. The van der Waals surface area contributed by atoms with Crippen LogP contribution in [-0.2, 0) is 30.4 Å². The Kier molecular flexibility index (Phi) is 13.5. The number of carboxylic acid groups (broad SMARTS) is 2. The number of rotatable bonds is 16. The van der Waals surface area contributed by atoms with Crippen LogP contribution < -0.4 is 21.7 Å². The third-order valence-electron chi connectivity index (χ3n) is 5.21. The summed E-state index contributed by atoms with van der Waals surface area (Å²) in [5, 5.41) is 35.3. The maximum Gasteiger partial charge on any atom is 0.326 e. The number of hydrogen-bond donors (Lipinski definition) is 7. The van der Waals surface area contributed by atoms with Gasteiger partial charge in [0.2, 0.25) is 17.7 Å². The molecule has 0 heterocycles. The molecule has 0 saturated heterocycles. The third-order valence-corrected chi connectivity index (χ3v) is 5.85. The highest BCUT2D eigenvalue weighted by Crippen LogP contribution is 2.07. The average molecular weight is 527 g/mol. The molecular weight excluding hydrogens is 492 g/mol. The predicted octanol–water partition coefficient (Wildman–Crippen LogP) is -0.906. The van der Waals surface area contributed by atoms with Gasteiger partial charge >= 0.3 is 11.9 Å². The largest absolute Gasteiger partial charge is 0.481 e. The van der Waals surface area contributed by atoms with Crippen LogP contribution in [0.3, 0.4) is 0 Å². The smallest absolute Gasteiger partial charge is 0.326 e. The minimum atomic E-state index is -1.57. The lowest BCUT2D eigenvalue weighted by Gasteiger charge is -2.26. The maximum atomic E-state index is 13.1. The molecule has 0 fully saturated rings. The van der Waals surface area contributed by atoms with E-state index < -0.39 is 72.8 Å². The molecule has 3 amide bonds. The van der Waals surface area contributed by atoms with Crippen molar-refractivity contribution in [2.24, 2.45) is 5.73 Å². The Bertz CT molecular complexity index is 899. The summed E-state index contributed by atoms with van der Waals surface area (Å²) in [6.45, 7) is 1.22. The van der Waals surface area contributed by atoms with Crippen molar-refractivity contribution in [3.05, 3.63) is 35.9 Å². The molecule has 1 rings (SSSR count). The molecular formula is C23H34N4O8S. The summed E-state index contributed by atoms with van der Waals surface area (Å²) in [7, 11) is 0. The Hall–Kier alpha value is -3.16. The number of aliphatic hydroxyl groups excluding tert-OH is 1. The second kappa shape index (κ2) is 15.8. The highest BCUT2D eigenvalue weighted by molar-refractivity contribution is 7.98. The SMILES string of the molecule is CSCCC(N)C(=O)NC(Cc1ccccc1)C(=O)NC(C(=O)NC(CCC(=O)O)C(=O)O)C(C)O. The highest BCUT2D eigenvalue weighted by Gasteiger charge is 2.33. The van der Waals surface area contributed by atoms with Gasteiger partial charge in [-0.1, -0.05) is 30.3 Å². The zero-order valence-corrected chi connectivity index (χ0v) is 21.0. The summed E-state index contributed by atoms with van der Waals surface area (Å²) in [4.78, 5) is 60.6. The van der Waals surface area contributed by atoms with Crippen LogP contribution in [0.5, 0.6) is 0 Å². The summed E-state index contributed by atoms with van der Waals surface area (Å²) in [5.74, 6) is -4.43. The van der Waals surface area contributed by atoms with E-state index >= 15 is 0 Å². The standard InChI is InChI=1S/C23H34N4O8S/c1-13(28)19(22(33)25-16(23(34)35)8-9-18(29)30)27-21(32)17(12-14-6-4-3-5-7-14)26-20(31)15(24)10-11-36-2/h3-7,13,15-17,19,28H,8-12,24H2,1-2H3,(H,25,33)(H,26,31)(H,27,32)(H,29,30)(H,34,35). The number of benzene rings is 1. The number of hydrogen-bond acceptors (Lipinski definition) is 8. The molecule has 0 radical (unpaired) electrons. The molecule has 1 aromatic carbocycles. The molecule has 0 aromatic heterocycles. The molecule has 1 aromatic rings. The first kappa shape index (κ1) is 30.9. The summed E-state index contributed by atoms with van der Waals surface area (Å²) in [5.41, 5.74) is 6.63. The van der Waals surface area contributed by atoms with E-state index in [1.54, 1.807) is 30.3 Å². The van der Waals surface area contributed by atoms with Gasteiger partial charge in [0.15, 0.2) is 0 Å². The van der Waals surface area contributed by atoms with Gasteiger partial charge in [0.05, 0.1) is 12.1 Å². The molecule has 0 aliphatic carbocycles. The number of amides is 3. The van der Waals surface area contributed by atoms with Crippen molar-refractivity contribution in [1.29, 1.82) is 0 Å². The van der Waals surface area contributed by atoms with E-state index in [4.69, 9.17) is 10.8 Å². The number of aliphatic carboxylic acids is 2. The Morgan fingerprint density at radius 1 is 0.917 bits per heavy atom. The lowest BCUT2D eigenvalue weighted by atomic mass is 10.0. The third kappa shape index (κ3) is 11.1. The van der Waals surface area contributed by atoms with E-state index in [2.05, 4.69) is 16.0 Å². The van der Waals surface area contributed by atoms with Gasteiger partial charge in [-0.2, -0.15) is 11.8 Å². The summed E-state index contributed by atoms with van der Waals surface area (Å²) in [6, 6.07) is 3.69. The summed E-state index contributed by atoms with van der Waals surface area (Å²) in [6.07, 6.45) is -0.00713. The van der Waals surface area contributed by atoms with Gasteiger partial charge in [-0.05, 0) is 37.3 Å². The molecule has 36 heavy (non-hydrogen) atoms. The average Bonchev–Trinajstić information content (AvgIpc) is 2.82. The number of nitrogens with two attached hydrogens (primary N) is 1. The maximum absolute atomic E-state index is 13.1. The van der Waals surface area contributed by atoms with Crippen LogP contribution in [0.15, 0.2) is 30.3 Å². The Labute approximate surface area is 213 Å². The molecule has 13 heteroatoms. The van der Waals surface area contributed by atoms with Crippen molar-refractivity contribution in [3.63, 3.8) is 0 Å². The highest BCUT2D eigenvalue weighted by atomic mass is 32.2. The van der Waals surface area contributed by atoms with Crippen LogP contribution in [0.25, 0.3) is 0 Å². The van der Waals surface area contributed by atoms with Crippen LogP contribution in [0.2, 0.25) is 0 Å². The van der Waals surface area contributed by atoms with Crippen molar-refractivity contribution in [3.8, 4) is 0 Å². The van der Waals surface area contributed by atoms with Crippen LogP contribution in [0.1, 0.15) is 31.7 Å². The van der Waals surface area contributed by atoms with E-state index in [9.17, 15) is 34.2 Å². The fraction of sp³-hybridized carbons (Fsp3) is 0.522. The number of nitrogens with one attached hydrogen (secondary N) is 3. The minimum Gasteiger partial charge on any atom is -0.481 e. The molecule has 12 nitrogen and oxygen atoms in total. The second-order valence-electron chi connectivity index (χ2n) is 8.20. The first-order chi connectivity index (χ1) is 17.0. The molecule has 5 atom stereocenters. The van der Waals surface area contributed by atoms with Gasteiger partial charge in [-0.15, -0.1) is 0 Å². The topological polar surface area (TPSA) is 208 Å². The van der Waals surface area contributed by atoms with E-state index in [-0.39, 0.29) is 6.42 Å². The molecule has 200 valence electrons. The van der Waals surface area contributed by atoms with E-state index in [0.29, 0.717) is 17.7 Å². The van der Waals surface area contributed by atoms with Gasteiger partial charge in [0.25, 0.3) is 0 Å². The van der Waals surface area contributed by atoms with Crippen LogP contribution >= 0.6 is 11.8 Å². The number of carbonyl (C=O) groups excluding carboxylic acids is 3. The second-order valence-corrected chi connectivity index (χ2v) is 9.18. The monoisotopic (exact) mass is 526 g/mol. The van der Waals surface area contributed by atoms with Crippen molar-refractivity contribution < 1.29 is 39.3 Å². The van der Waals surface area contributed by atoms with Gasteiger partial charge in [0, 0.05) is 12.8 Å². The normalized spacial score (nSPS) is 15.0. The van der Waals surface area contributed by atoms with E-state index in [0.717, 1.165) is 0 Å². The Morgan fingerprint density at radius 2 is 1.53 bits per heavy atom. The lowest BCUT2D eigenvalue weighted by molar-refractivity contribution is -0.144. The predicted molar refractivity (Wildman–Crippen MR) is 133 cm³/mol. The molecule has 0 aliphatic rings. The zero-order valence-electron chi connectivity index (χ0n) is 20.2. The van der Waals surface area contributed by atoms with Crippen molar-refractivity contribution in [2.75, 3.05) is 12.0 Å². The van der Waals surface area contributed by atoms with Crippen LogP contribution in [-0.4, -0.2) is 87.3 Å². The van der Waals surface area contributed by atoms with Crippen LogP contribution in [0.4, 0.5) is 0 Å². The van der Waals surface area contributed by atoms with E-state index in [1.807, 2.05) is 6.26 Å². The minimum absolute atomic E-state index is 0.0676.